The Bertz CT molecular complexity index is 885. The van der Waals surface area contributed by atoms with E-state index >= 15 is 0 Å². The highest BCUT2D eigenvalue weighted by Crippen LogP contribution is 2.32. The fourth-order valence-corrected chi connectivity index (χ4v) is 5.07. The number of likely N-dealkylation sites (N-methyl/N-ethyl adjacent to an activating group) is 1. The Morgan fingerprint density at radius 3 is 2.60 bits per heavy atom. The highest BCUT2D eigenvalue weighted by atomic mass is 16.2. The van der Waals surface area contributed by atoms with Crippen molar-refractivity contribution in [2.75, 3.05) is 46.3 Å². The molecule has 2 atom stereocenters. The van der Waals surface area contributed by atoms with Gasteiger partial charge in [0.15, 0.2) is 0 Å². The second-order valence-electron chi connectivity index (χ2n) is 9.18. The first-order valence-electron chi connectivity index (χ1n) is 13.3. The van der Waals surface area contributed by atoms with Gasteiger partial charge < -0.3 is 10.2 Å². The Morgan fingerprint density at radius 1 is 1.14 bits per heavy atom. The maximum absolute atomic E-state index is 13.0. The van der Waals surface area contributed by atoms with Crippen LogP contribution in [0.3, 0.4) is 0 Å². The molecule has 4 rings (SSSR count). The van der Waals surface area contributed by atoms with Gasteiger partial charge in [-0.25, -0.2) is 14.8 Å². The van der Waals surface area contributed by atoms with Crippen LogP contribution in [0.1, 0.15) is 57.9 Å². The van der Waals surface area contributed by atoms with Crippen molar-refractivity contribution in [3.05, 3.63) is 59.7 Å². The van der Waals surface area contributed by atoms with Gasteiger partial charge in [0.2, 0.25) is 5.91 Å². The largest absolute Gasteiger partial charge is 0.338 e. The molecule has 0 radical (unpaired) electrons. The van der Waals surface area contributed by atoms with Crippen molar-refractivity contribution in [3.8, 4) is 0 Å². The molecule has 1 aliphatic carbocycles. The molecule has 0 saturated carbocycles. The van der Waals surface area contributed by atoms with E-state index < -0.39 is 0 Å². The van der Waals surface area contributed by atoms with Gasteiger partial charge in [0.1, 0.15) is 6.17 Å². The first-order chi connectivity index (χ1) is 17.1. The van der Waals surface area contributed by atoms with Gasteiger partial charge in [-0.1, -0.05) is 69.3 Å². The number of allylic oxidation sites excluding steroid dienone is 4. The number of amides is 3. The number of nitrogens with zero attached hydrogens (tertiary/aromatic N) is 4. The first-order valence-corrected chi connectivity index (χ1v) is 13.3. The van der Waals surface area contributed by atoms with Crippen LogP contribution in [0.15, 0.2) is 54.1 Å². The quantitative estimate of drug-likeness (QED) is 0.634. The molecule has 0 bridgehead atoms. The summed E-state index contributed by atoms with van der Waals surface area (Å²) in [5.74, 6) is 0.427. The fourth-order valence-electron chi connectivity index (χ4n) is 5.07. The predicted molar refractivity (Wildman–Crippen MR) is 142 cm³/mol. The van der Waals surface area contributed by atoms with E-state index in [0.717, 1.165) is 38.8 Å². The molecular weight excluding hydrogens is 438 g/mol. The molecule has 35 heavy (non-hydrogen) atoms. The van der Waals surface area contributed by atoms with Crippen LogP contribution >= 0.6 is 0 Å². The zero-order valence-electron chi connectivity index (χ0n) is 21.9. The number of fused-ring (bicyclic) bond motifs is 1. The van der Waals surface area contributed by atoms with Crippen molar-refractivity contribution in [2.24, 2.45) is 0 Å². The number of hydrogen-bond donors (Lipinski definition) is 1. The molecule has 2 aliphatic heterocycles. The molecule has 7 nitrogen and oxygen atoms in total. The third kappa shape index (κ3) is 6.73. The molecule has 1 aromatic carbocycles. The molecule has 7 heteroatoms. The SMILES string of the molecule is CC.CCCNC(=O)N1[C@H]2CN(CCC(C3=CCCC=C3)c3ccccc3)C(=O)CN2CCN1C. The van der Waals surface area contributed by atoms with E-state index in [1.54, 1.807) is 5.01 Å². The van der Waals surface area contributed by atoms with Gasteiger partial charge >= 0.3 is 6.03 Å². The number of nitrogens with one attached hydrogen (secondary N) is 1. The fraction of sp³-hybridized carbons (Fsp3) is 0.571. The number of carbonyl (C=O) groups is 2. The van der Waals surface area contributed by atoms with E-state index in [1.165, 1.54) is 11.1 Å². The molecule has 2 fully saturated rings. The van der Waals surface area contributed by atoms with Gasteiger partial charge in [-0.15, -0.1) is 0 Å². The summed E-state index contributed by atoms with van der Waals surface area (Å²) in [5.41, 5.74) is 2.64. The van der Waals surface area contributed by atoms with E-state index in [-0.39, 0.29) is 24.0 Å². The maximum Gasteiger partial charge on any atom is 0.333 e. The van der Waals surface area contributed by atoms with Crippen LogP contribution in [0, 0.1) is 0 Å². The normalized spacial score (nSPS) is 21.5. The average molecular weight is 482 g/mol. The molecular formula is C28H43N5O2. The average Bonchev–Trinajstić information content (AvgIpc) is 2.90. The molecule has 3 aliphatic rings. The summed E-state index contributed by atoms with van der Waals surface area (Å²) >= 11 is 0. The molecule has 0 aromatic heterocycles. The lowest BCUT2D eigenvalue weighted by atomic mass is 9.85. The van der Waals surface area contributed by atoms with Crippen molar-refractivity contribution in [1.82, 2.24) is 25.1 Å². The summed E-state index contributed by atoms with van der Waals surface area (Å²) in [6.45, 7) is 9.83. The lowest BCUT2D eigenvalue weighted by Gasteiger charge is -2.52. The Morgan fingerprint density at radius 2 is 1.91 bits per heavy atom. The molecule has 0 spiro atoms. The van der Waals surface area contributed by atoms with Crippen molar-refractivity contribution >= 4 is 11.9 Å². The van der Waals surface area contributed by atoms with Gasteiger partial charge in [-0.2, -0.15) is 0 Å². The molecule has 1 aromatic rings. The van der Waals surface area contributed by atoms with E-state index in [1.807, 2.05) is 43.8 Å². The number of hydrazine groups is 1. The number of benzene rings is 1. The monoisotopic (exact) mass is 481 g/mol. The second kappa shape index (κ2) is 13.4. The van der Waals surface area contributed by atoms with Crippen LogP contribution in [-0.4, -0.2) is 84.2 Å². The molecule has 3 amide bonds. The van der Waals surface area contributed by atoms with Crippen LogP contribution in [0.5, 0.6) is 0 Å². The third-order valence-electron chi connectivity index (χ3n) is 6.91. The molecule has 2 saturated heterocycles. The topological polar surface area (TPSA) is 59.1 Å². The summed E-state index contributed by atoms with van der Waals surface area (Å²) in [6.07, 6.45) is 10.6. The van der Waals surface area contributed by atoms with Crippen LogP contribution in [-0.2, 0) is 4.79 Å². The zero-order chi connectivity index (χ0) is 25.2. The lowest BCUT2D eigenvalue weighted by Crippen LogP contribution is -2.71. The van der Waals surface area contributed by atoms with Gasteiger partial charge in [-0.3, -0.25) is 9.69 Å². The van der Waals surface area contributed by atoms with E-state index in [4.69, 9.17) is 0 Å². The highest BCUT2D eigenvalue weighted by molar-refractivity contribution is 5.80. The first kappa shape index (κ1) is 27.0. The smallest absolute Gasteiger partial charge is 0.333 e. The Balaban J connectivity index is 0.00000167. The van der Waals surface area contributed by atoms with Crippen LogP contribution < -0.4 is 5.32 Å². The summed E-state index contributed by atoms with van der Waals surface area (Å²) in [6, 6.07) is 10.5. The van der Waals surface area contributed by atoms with Crippen LogP contribution in [0.4, 0.5) is 4.79 Å². The highest BCUT2D eigenvalue weighted by Gasteiger charge is 2.42. The minimum absolute atomic E-state index is 0.0805. The number of rotatable bonds is 7. The van der Waals surface area contributed by atoms with E-state index in [2.05, 4.69) is 52.7 Å². The molecule has 1 N–H and O–H groups in total. The second-order valence-corrected chi connectivity index (χ2v) is 9.18. The zero-order valence-corrected chi connectivity index (χ0v) is 21.9. The molecule has 2 heterocycles. The maximum atomic E-state index is 13.0. The summed E-state index contributed by atoms with van der Waals surface area (Å²) in [4.78, 5) is 30.0. The summed E-state index contributed by atoms with van der Waals surface area (Å²) in [7, 11) is 1.96. The van der Waals surface area contributed by atoms with Crippen molar-refractivity contribution in [2.45, 2.75) is 58.5 Å². The third-order valence-corrected chi connectivity index (χ3v) is 6.91. The predicted octanol–water partition coefficient (Wildman–Crippen LogP) is 4.22. The number of hydrogen-bond acceptors (Lipinski definition) is 4. The molecule has 192 valence electrons. The van der Waals surface area contributed by atoms with Gasteiger partial charge in [0.05, 0.1) is 13.1 Å². The van der Waals surface area contributed by atoms with E-state index in [9.17, 15) is 9.59 Å². The number of urea groups is 1. The van der Waals surface area contributed by atoms with Gasteiger partial charge in [-0.05, 0) is 36.8 Å². The standard InChI is InChI=1S/C26H37N5O2.C2H6/c1-3-15-27-26(33)31-24-19-30(25(32)20-29(24)18-17-28(31)2)16-14-23(21-10-6-4-7-11-21)22-12-8-5-9-13-22;1-2/h4,6-8,10-13,23-24H,3,5,9,14-20H2,1-2H3,(H,27,33);1-2H3/t23?,24-;/m0./s1. The van der Waals surface area contributed by atoms with E-state index in [0.29, 0.717) is 26.2 Å². The minimum atomic E-state index is -0.123. The van der Waals surface area contributed by atoms with Crippen LogP contribution in [0.2, 0.25) is 0 Å². The van der Waals surface area contributed by atoms with Crippen molar-refractivity contribution in [1.29, 1.82) is 0 Å². The lowest BCUT2D eigenvalue weighted by molar-refractivity contribution is -0.161. The Hall–Kier alpha value is -2.64. The molecule has 1 unspecified atom stereocenters. The van der Waals surface area contributed by atoms with Crippen molar-refractivity contribution in [3.63, 3.8) is 0 Å². The Labute approximate surface area is 211 Å². The number of piperazine rings is 1. The van der Waals surface area contributed by atoms with Crippen LogP contribution in [0.25, 0.3) is 0 Å². The van der Waals surface area contributed by atoms with Gasteiger partial charge in [0.25, 0.3) is 0 Å². The van der Waals surface area contributed by atoms with Crippen molar-refractivity contribution < 1.29 is 9.59 Å². The van der Waals surface area contributed by atoms with Gasteiger partial charge in [0, 0.05) is 39.1 Å². The minimum Gasteiger partial charge on any atom is -0.338 e. The Kier molecular flexibility index (Phi) is 10.4. The number of carbonyl (C=O) groups excluding carboxylic acids is 2. The summed E-state index contributed by atoms with van der Waals surface area (Å²) < 4.78 is 0. The summed E-state index contributed by atoms with van der Waals surface area (Å²) in [5, 5.41) is 6.80.